The Bertz CT molecular complexity index is 2290. The lowest BCUT2D eigenvalue weighted by Crippen LogP contribution is -2.46. The molecular formula is C50H64F2N10S. The minimum absolute atomic E-state index is 0.163. The van der Waals surface area contributed by atoms with Crippen LogP contribution in [0.1, 0.15) is 73.9 Å². The second kappa shape index (κ2) is 20.8. The highest BCUT2D eigenvalue weighted by Gasteiger charge is 2.27. The molecule has 0 amide bonds. The Labute approximate surface area is 377 Å². The Hall–Kier alpha value is -5.53. The third-order valence-electron chi connectivity index (χ3n) is 12.9. The molecule has 334 valence electrons. The molecule has 63 heavy (non-hydrogen) atoms. The topological polar surface area (TPSA) is 90.6 Å². The molecule has 0 bridgehead atoms. The van der Waals surface area contributed by atoms with Crippen LogP contribution in [0, 0.1) is 30.4 Å². The molecule has 3 aliphatic rings. The van der Waals surface area contributed by atoms with E-state index in [1.807, 2.05) is 68.1 Å². The first-order chi connectivity index (χ1) is 30.4. The summed E-state index contributed by atoms with van der Waals surface area (Å²) < 4.78 is 36.3. The lowest BCUT2D eigenvalue weighted by Gasteiger charge is -2.39. The van der Waals surface area contributed by atoms with Crippen LogP contribution < -0.4 is 25.2 Å². The van der Waals surface area contributed by atoms with Crippen molar-refractivity contribution in [2.45, 2.75) is 58.9 Å². The van der Waals surface area contributed by atoms with E-state index >= 15 is 8.78 Å². The molecule has 3 saturated heterocycles. The summed E-state index contributed by atoms with van der Waals surface area (Å²) in [5.41, 5.74) is 9.51. The maximum absolute atomic E-state index is 15.7. The number of piperidine rings is 1. The number of hydrogen-bond donors (Lipinski definition) is 4. The van der Waals surface area contributed by atoms with Crippen molar-refractivity contribution < 1.29 is 8.78 Å². The van der Waals surface area contributed by atoms with Crippen LogP contribution in [-0.2, 0) is 0 Å². The molecule has 2 aromatic heterocycles. The van der Waals surface area contributed by atoms with E-state index in [0.717, 1.165) is 124 Å². The minimum Gasteiger partial charge on any atom is -0.388 e. The Morgan fingerprint density at radius 1 is 1.00 bits per heavy atom. The maximum Gasteiger partial charge on any atom is 0.225 e. The van der Waals surface area contributed by atoms with Crippen molar-refractivity contribution >= 4 is 52.4 Å². The number of rotatable bonds is 16. The molecule has 4 N–H and O–H groups in total. The van der Waals surface area contributed by atoms with Crippen LogP contribution in [0.15, 0.2) is 98.8 Å². The zero-order chi connectivity index (χ0) is 44.6. The fourth-order valence-corrected chi connectivity index (χ4v) is 9.24. The van der Waals surface area contributed by atoms with Gasteiger partial charge in [0.2, 0.25) is 5.95 Å². The van der Waals surface area contributed by atoms with E-state index in [-0.39, 0.29) is 17.7 Å². The quantitative estimate of drug-likeness (QED) is 0.0645. The lowest BCUT2D eigenvalue weighted by atomic mass is 9.91. The van der Waals surface area contributed by atoms with Crippen molar-refractivity contribution in [3.8, 4) is 0 Å². The smallest absolute Gasteiger partial charge is 0.225 e. The van der Waals surface area contributed by atoms with E-state index in [9.17, 15) is 0 Å². The molecule has 2 aromatic carbocycles. The Morgan fingerprint density at radius 3 is 2.44 bits per heavy atom. The number of anilines is 4. The molecule has 0 radical (unpaired) electrons. The molecule has 2 atom stereocenters. The van der Waals surface area contributed by atoms with Gasteiger partial charge in [0.25, 0.3) is 0 Å². The summed E-state index contributed by atoms with van der Waals surface area (Å²) >= 11 is 1.35. The van der Waals surface area contributed by atoms with Gasteiger partial charge in [-0.3, -0.25) is 0 Å². The number of aromatic amines is 1. The van der Waals surface area contributed by atoms with E-state index in [1.165, 1.54) is 17.8 Å². The molecule has 0 saturated carbocycles. The van der Waals surface area contributed by atoms with Gasteiger partial charge in [-0.25, -0.2) is 23.1 Å². The van der Waals surface area contributed by atoms with Gasteiger partial charge in [-0.15, -0.1) is 0 Å². The molecule has 13 heteroatoms. The van der Waals surface area contributed by atoms with Gasteiger partial charge in [0.15, 0.2) is 5.82 Å². The number of aromatic nitrogens is 3. The minimum atomic E-state index is -0.349. The highest BCUT2D eigenvalue weighted by atomic mass is 32.2. The van der Waals surface area contributed by atoms with E-state index in [2.05, 4.69) is 68.3 Å². The van der Waals surface area contributed by atoms with Crippen LogP contribution in [-0.4, -0.2) is 89.6 Å². The van der Waals surface area contributed by atoms with Gasteiger partial charge in [0.05, 0.1) is 11.4 Å². The zero-order valence-electron chi connectivity index (χ0n) is 37.5. The predicted octanol–water partition coefficient (Wildman–Crippen LogP) is 10.4. The van der Waals surface area contributed by atoms with Crippen molar-refractivity contribution in [1.82, 2.24) is 29.5 Å². The van der Waals surface area contributed by atoms with Crippen molar-refractivity contribution in [3.05, 3.63) is 138 Å². The highest BCUT2D eigenvalue weighted by molar-refractivity contribution is 7.98. The molecule has 0 spiro atoms. The fraction of sp³-hybridized carbons (Fsp3) is 0.400. The summed E-state index contributed by atoms with van der Waals surface area (Å²) in [6.07, 6.45) is 14.3. The standard InChI is InChI=1S/C50H64F2N10S/c1-9-39(27-43-37(7)54-32-44(43)36(6)42-12-11-13-47(49(42)52)58-63-59(8)10-2)40-30-55-50(56-31-40)62-24-22-60(23-25-62)35(5)26-38-18-20-61(21-19-38)48-17-15-41(28-45(48)51)57-46-16-14-34(4)53-29-33(46)3/h9,11-13,15,17,27-28,30-33,38,46,53-54,57-58H,1,4-6,10,14,16,18-26,29H2,2-3,7-8H3/b39-27+. The maximum atomic E-state index is 15.7. The van der Waals surface area contributed by atoms with E-state index in [0.29, 0.717) is 40.3 Å². The average Bonchev–Trinajstić information content (AvgIpc) is 3.59. The number of allylic oxidation sites excluding steroid dienone is 4. The summed E-state index contributed by atoms with van der Waals surface area (Å²) in [5, 5.41) is 6.98. The number of halogens is 2. The Kier molecular flexibility index (Phi) is 15.0. The first kappa shape index (κ1) is 45.5. The van der Waals surface area contributed by atoms with Gasteiger partial charge >= 0.3 is 0 Å². The van der Waals surface area contributed by atoms with Crippen molar-refractivity contribution in [2.24, 2.45) is 11.8 Å². The predicted molar refractivity (Wildman–Crippen MR) is 262 cm³/mol. The summed E-state index contributed by atoms with van der Waals surface area (Å²) in [4.78, 5) is 19.7. The molecule has 5 heterocycles. The van der Waals surface area contributed by atoms with E-state index in [4.69, 9.17) is 9.97 Å². The molecular weight excluding hydrogens is 811 g/mol. The van der Waals surface area contributed by atoms with Crippen LogP contribution in [0.2, 0.25) is 0 Å². The Morgan fingerprint density at radius 2 is 1.75 bits per heavy atom. The van der Waals surface area contributed by atoms with Crippen LogP contribution in [0.5, 0.6) is 0 Å². The van der Waals surface area contributed by atoms with Crippen molar-refractivity contribution in [2.75, 3.05) is 79.2 Å². The number of hydrogen-bond acceptors (Lipinski definition) is 10. The van der Waals surface area contributed by atoms with Gasteiger partial charge in [-0.05, 0) is 99.4 Å². The summed E-state index contributed by atoms with van der Waals surface area (Å²) in [6, 6.07) is 11.2. The average molecular weight is 875 g/mol. The van der Waals surface area contributed by atoms with Crippen LogP contribution in [0.25, 0.3) is 17.2 Å². The number of piperazine rings is 1. The number of H-pyrrole nitrogens is 1. The van der Waals surface area contributed by atoms with Crippen LogP contribution >= 0.6 is 12.1 Å². The molecule has 3 aliphatic heterocycles. The second-order valence-electron chi connectivity index (χ2n) is 17.2. The van der Waals surface area contributed by atoms with Gasteiger partial charge < -0.3 is 35.0 Å². The summed E-state index contributed by atoms with van der Waals surface area (Å²) in [5.74, 6) is 1.13. The van der Waals surface area contributed by atoms with Gasteiger partial charge in [0, 0.05) is 134 Å². The zero-order valence-corrected chi connectivity index (χ0v) is 38.3. The van der Waals surface area contributed by atoms with Gasteiger partial charge in [-0.1, -0.05) is 58.4 Å². The number of aryl methyl sites for hydroxylation is 1. The third kappa shape index (κ3) is 11.0. The molecule has 10 nitrogen and oxygen atoms in total. The molecule has 7 rings (SSSR count). The van der Waals surface area contributed by atoms with Gasteiger partial charge in [0.1, 0.15) is 5.82 Å². The highest BCUT2D eigenvalue weighted by Crippen LogP contribution is 2.35. The molecule has 3 fully saturated rings. The largest absolute Gasteiger partial charge is 0.388 e. The molecule has 0 aliphatic carbocycles. The summed E-state index contributed by atoms with van der Waals surface area (Å²) in [6.45, 7) is 29.9. The van der Waals surface area contributed by atoms with Gasteiger partial charge in [-0.2, -0.15) is 0 Å². The number of nitrogens with zero attached hydrogens (tertiary/aromatic N) is 6. The second-order valence-corrected chi connectivity index (χ2v) is 18.2. The first-order valence-corrected chi connectivity index (χ1v) is 23.1. The van der Waals surface area contributed by atoms with Crippen molar-refractivity contribution in [3.63, 3.8) is 0 Å². The lowest BCUT2D eigenvalue weighted by molar-refractivity contribution is 0.284. The van der Waals surface area contributed by atoms with Crippen molar-refractivity contribution in [1.29, 1.82) is 0 Å². The van der Waals surface area contributed by atoms with Crippen LogP contribution in [0.3, 0.4) is 0 Å². The third-order valence-corrected chi connectivity index (χ3v) is 13.8. The number of nitrogens with one attached hydrogen (secondary N) is 4. The first-order valence-electron chi connectivity index (χ1n) is 22.3. The SMILES string of the molecule is C=C/C(=C\c1c(C(=C)c2cccc(NSN(C)CC)c2F)c[nH]c1C)c1cnc(N2CCN(C(=C)CC3CCN(c4ccc(NC5CCC(=C)NCC5C)cc4F)CC3)CC2)nc1. The molecule has 2 unspecified atom stereocenters. The summed E-state index contributed by atoms with van der Waals surface area (Å²) in [7, 11) is 1.95. The molecule has 4 aromatic rings. The van der Waals surface area contributed by atoms with E-state index in [1.54, 1.807) is 24.3 Å². The van der Waals surface area contributed by atoms with Crippen LogP contribution in [0.4, 0.5) is 31.8 Å². The monoisotopic (exact) mass is 875 g/mol. The van der Waals surface area contributed by atoms with E-state index < -0.39 is 0 Å². The Balaban J connectivity index is 0.896. The number of benzene rings is 2. The fourth-order valence-electron chi connectivity index (χ4n) is 8.70. The normalized spacial score (nSPS) is 18.9.